The van der Waals surface area contributed by atoms with Crippen molar-refractivity contribution in [3.8, 4) is 11.5 Å². The van der Waals surface area contributed by atoms with Gasteiger partial charge in [0.05, 0.1) is 25.3 Å². The summed E-state index contributed by atoms with van der Waals surface area (Å²) in [7, 11) is 3.19. The average Bonchev–Trinajstić information content (AvgIpc) is 3.15. The Morgan fingerprint density at radius 1 is 1.06 bits per heavy atom. The van der Waals surface area contributed by atoms with E-state index in [0.717, 1.165) is 37.7 Å². The van der Waals surface area contributed by atoms with Gasteiger partial charge in [-0.1, -0.05) is 19.8 Å². The van der Waals surface area contributed by atoms with Crippen LogP contribution < -0.4 is 15.0 Å². The fourth-order valence-corrected chi connectivity index (χ4v) is 4.55. The second kappa shape index (κ2) is 9.51. The lowest BCUT2D eigenvalue weighted by molar-refractivity contribution is 0.202. The van der Waals surface area contributed by atoms with Gasteiger partial charge in [0.1, 0.15) is 6.04 Å². The molecule has 1 fully saturated rings. The number of pyridine rings is 1. The molecular weight excluding hydrogens is 420 g/mol. The minimum atomic E-state index is -0.342. The smallest absolute Gasteiger partial charge is 0.253 e. The maximum absolute atomic E-state index is 13.5. The highest BCUT2D eigenvalue weighted by atomic mass is 16.5. The summed E-state index contributed by atoms with van der Waals surface area (Å²) in [5.41, 5.74) is 0.917. The number of hydrogen-bond donors (Lipinski definition) is 1. The van der Waals surface area contributed by atoms with E-state index in [9.17, 15) is 4.79 Å². The molecule has 33 heavy (non-hydrogen) atoms. The van der Waals surface area contributed by atoms with Crippen LogP contribution in [-0.4, -0.2) is 57.4 Å². The number of H-pyrrole nitrogens is 1. The Kier molecular flexibility index (Phi) is 6.69. The van der Waals surface area contributed by atoms with Gasteiger partial charge in [-0.2, -0.15) is 0 Å². The van der Waals surface area contributed by atoms with Crippen molar-refractivity contribution in [2.75, 3.05) is 27.3 Å². The highest BCUT2D eigenvalue weighted by Gasteiger charge is 2.34. The molecule has 1 aliphatic rings. The number of ether oxygens (including phenoxy) is 2. The molecular formula is C24H34N6O3. The average molecular weight is 455 g/mol. The van der Waals surface area contributed by atoms with Crippen LogP contribution in [0.1, 0.15) is 70.3 Å². The predicted molar refractivity (Wildman–Crippen MR) is 127 cm³/mol. The zero-order chi connectivity index (χ0) is 23.6. The van der Waals surface area contributed by atoms with Gasteiger partial charge < -0.3 is 14.5 Å². The monoisotopic (exact) mass is 454 g/mol. The molecule has 0 spiro atoms. The van der Waals surface area contributed by atoms with Crippen LogP contribution in [0.5, 0.6) is 11.5 Å². The van der Waals surface area contributed by atoms with Gasteiger partial charge in [-0.3, -0.25) is 9.69 Å². The number of nitrogens with zero attached hydrogens (tertiary/aromatic N) is 5. The minimum absolute atomic E-state index is 0.146. The number of hydrogen-bond acceptors (Lipinski definition) is 7. The van der Waals surface area contributed by atoms with Crippen molar-refractivity contribution in [2.24, 2.45) is 0 Å². The summed E-state index contributed by atoms with van der Waals surface area (Å²) in [4.78, 5) is 18.9. The fraction of sp³-hybridized carbons (Fsp3) is 0.583. The second-order valence-corrected chi connectivity index (χ2v) is 9.32. The largest absolute Gasteiger partial charge is 0.493 e. The Bertz CT molecular complexity index is 1160. The van der Waals surface area contributed by atoms with E-state index in [1.54, 1.807) is 20.3 Å². The molecule has 4 rings (SSSR count). The normalized spacial score (nSPS) is 16.5. The topological polar surface area (TPSA) is 98.2 Å². The lowest BCUT2D eigenvalue weighted by Gasteiger charge is -2.32. The van der Waals surface area contributed by atoms with Crippen molar-refractivity contribution < 1.29 is 9.47 Å². The maximum Gasteiger partial charge on any atom is 0.253 e. The van der Waals surface area contributed by atoms with E-state index < -0.39 is 0 Å². The molecule has 9 heteroatoms. The first-order chi connectivity index (χ1) is 15.9. The van der Waals surface area contributed by atoms with Gasteiger partial charge in [-0.05, 0) is 68.8 Å². The third-order valence-corrected chi connectivity index (χ3v) is 6.85. The minimum Gasteiger partial charge on any atom is -0.493 e. The van der Waals surface area contributed by atoms with Gasteiger partial charge in [0, 0.05) is 17.0 Å². The Hall–Kier alpha value is -2.94. The number of rotatable bonds is 7. The van der Waals surface area contributed by atoms with Crippen LogP contribution in [0.4, 0.5) is 0 Å². The van der Waals surface area contributed by atoms with Crippen LogP contribution in [0.2, 0.25) is 0 Å². The number of fused-ring (bicyclic) bond motifs is 1. The zero-order valence-electron chi connectivity index (χ0n) is 20.2. The van der Waals surface area contributed by atoms with E-state index in [2.05, 4.69) is 46.2 Å². The first kappa shape index (κ1) is 23.2. The van der Waals surface area contributed by atoms with E-state index in [1.165, 1.54) is 12.8 Å². The first-order valence-electron chi connectivity index (χ1n) is 11.7. The van der Waals surface area contributed by atoms with Gasteiger partial charge in [0.15, 0.2) is 17.3 Å². The molecule has 0 saturated carbocycles. The van der Waals surface area contributed by atoms with E-state index in [4.69, 9.17) is 9.47 Å². The van der Waals surface area contributed by atoms with Crippen LogP contribution in [0.25, 0.3) is 10.9 Å². The van der Waals surface area contributed by atoms with E-state index in [1.807, 2.05) is 16.8 Å². The number of methoxy groups -OCH3 is 2. The molecule has 0 aliphatic carbocycles. The zero-order valence-corrected chi connectivity index (χ0v) is 20.2. The van der Waals surface area contributed by atoms with Crippen molar-refractivity contribution in [2.45, 2.75) is 64.5 Å². The summed E-state index contributed by atoms with van der Waals surface area (Å²) in [6.45, 7) is 8.15. The number of benzene rings is 1. The number of nitrogens with one attached hydrogen (secondary N) is 1. The van der Waals surface area contributed by atoms with Gasteiger partial charge >= 0.3 is 0 Å². The molecule has 2 aromatic heterocycles. The maximum atomic E-state index is 13.5. The Balaban J connectivity index is 1.92. The molecule has 1 atom stereocenters. The summed E-state index contributed by atoms with van der Waals surface area (Å²) >= 11 is 0. The molecule has 178 valence electrons. The summed E-state index contributed by atoms with van der Waals surface area (Å²) in [5.74, 6) is 1.89. The SMILES string of the molecule is CCC(C)(C)n1nnnc1C(c1cc2cc(OC)c(OC)cc2[nH]c1=O)N1CCCCCC1. The molecule has 1 aliphatic heterocycles. The lowest BCUT2D eigenvalue weighted by atomic mass is 9.99. The van der Waals surface area contributed by atoms with Crippen molar-refractivity contribution in [1.82, 2.24) is 30.1 Å². The van der Waals surface area contributed by atoms with Crippen LogP contribution in [0, 0.1) is 0 Å². The van der Waals surface area contributed by atoms with Crippen LogP contribution in [-0.2, 0) is 5.54 Å². The molecule has 1 N–H and O–H groups in total. The Labute approximate surface area is 194 Å². The van der Waals surface area contributed by atoms with Crippen molar-refractivity contribution in [3.63, 3.8) is 0 Å². The van der Waals surface area contributed by atoms with Crippen molar-refractivity contribution >= 4 is 10.9 Å². The van der Waals surface area contributed by atoms with Gasteiger partial charge in [0.2, 0.25) is 0 Å². The highest BCUT2D eigenvalue weighted by molar-refractivity contribution is 5.83. The second-order valence-electron chi connectivity index (χ2n) is 9.32. The molecule has 3 heterocycles. The van der Waals surface area contributed by atoms with Crippen molar-refractivity contribution in [1.29, 1.82) is 0 Å². The predicted octanol–water partition coefficient (Wildman–Crippen LogP) is 3.64. The van der Waals surface area contributed by atoms with Crippen molar-refractivity contribution in [3.05, 3.63) is 39.9 Å². The number of aromatic amines is 1. The molecule has 0 amide bonds. The molecule has 3 aromatic rings. The standard InChI is InChI=1S/C24H34N6O3/c1-6-24(2,3)30-22(26-27-28-30)21(29-11-9-7-8-10-12-29)17-13-16-14-19(32-4)20(33-5)15-18(16)25-23(17)31/h13-15,21H,6-12H2,1-5H3,(H,25,31). The molecule has 0 bridgehead atoms. The number of tetrazole rings is 1. The summed E-state index contributed by atoms with van der Waals surface area (Å²) in [6, 6.07) is 5.30. The van der Waals surface area contributed by atoms with E-state index in [-0.39, 0.29) is 17.1 Å². The van der Waals surface area contributed by atoms with Crippen LogP contribution in [0.15, 0.2) is 23.0 Å². The van der Waals surface area contributed by atoms with E-state index >= 15 is 0 Å². The highest BCUT2D eigenvalue weighted by Crippen LogP contribution is 2.35. The molecule has 1 aromatic carbocycles. The molecule has 0 radical (unpaired) electrons. The summed E-state index contributed by atoms with van der Waals surface area (Å²) < 4.78 is 12.8. The quantitative estimate of drug-likeness (QED) is 0.582. The number of aromatic nitrogens is 5. The molecule has 1 unspecified atom stereocenters. The number of likely N-dealkylation sites (tertiary alicyclic amines) is 1. The first-order valence-corrected chi connectivity index (χ1v) is 11.7. The van der Waals surface area contributed by atoms with Gasteiger partial charge in [0.25, 0.3) is 5.56 Å². The van der Waals surface area contributed by atoms with Gasteiger partial charge in [-0.25, -0.2) is 4.68 Å². The summed E-state index contributed by atoms with van der Waals surface area (Å²) in [6.07, 6.45) is 5.43. The fourth-order valence-electron chi connectivity index (χ4n) is 4.55. The molecule has 9 nitrogen and oxygen atoms in total. The Morgan fingerprint density at radius 3 is 2.36 bits per heavy atom. The summed E-state index contributed by atoms with van der Waals surface area (Å²) in [5, 5.41) is 13.7. The van der Waals surface area contributed by atoms with Crippen LogP contribution >= 0.6 is 0 Å². The molecule has 1 saturated heterocycles. The third kappa shape index (κ3) is 4.46. The van der Waals surface area contributed by atoms with Gasteiger partial charge in [-0.15, -0.1) is 5.10 Å². The lowest BCUT2D eigenvalue weighted by Crippen LogP contribution is -2.38. The Morgan fingerprint density at radius 2 is 1.73 bits per heavy atom. The van der Waals surface area contributed by atoms with E-state index in [0.29, 0.717) is 28.4 Å². The van der Waals surface area contributed by atoms with Crippen LogP contribution in [0.3, 0.4) is 0 Å². The third-order valence-electron chi connectivity index (χ3n) is 6.85.